The van der Waals surface area contributed by atoms with Gasteiger partial charge in [-0.25, -0.2) is 4.98 Å². The topological polar surface area (TPSA) is 99.3 Å². The van der Waals surface area contributed by atoms with Crippen molar-refractivity contribution >= 4 is 22.7 Å². The average molecular weight is 290 g/mol. The molecule has 1 aliphatic heterocycles. The Labute approximate surface area is 119 Å². The molecule has 1 atom stereocenters. The molecule has 0 saturated heterocycles. The normalized spacial score (nSPS) is 17.5. The number of imidazole rings is 1. The van der Waals surface area contributed by atoms with Gasteiger partial charge in [0, 0.05) is 12.1 Å². The zero-order valence-electron chi connectivity index (χ0n) is 11.4. The first-order valence-electron chi connectivity index (χ1n) is 6.63. The van der Waals surface area contributed by atoms with E-state index in [9.17, 15) is 14.9 Å². The van der Waals surface area contributed by atoms with Crippen LogP contribution in [0.5, 0.6) is 0 Å². The van der Waals surface area contributed by atoms with Gasteiger partial charge in [0.15, 0.2) is 0 Å². The van der Waals surface area contributed by atoms with E-state index in [2.05, 4.69) is 10.3 Å². The number of carbonyl (C=O) groups is 1. The number of aromatic nitrogens is 2. The third-order valence-corrected chi connectivity index (χ3v) is 3.46. The van der Waals surface area contributed by atoms with Crippen LogP contribution in [-0.2, 0) is 22.6 Å². The fourth-order valence-corrected chi connectivity index (χ4v) is 2.48. The molecule has 8 heteroatoms. The van der Waals surface area contributed by atoms with Crippen molar-refractivity contribution in [3.05, 3.63) is 34.1 Å². The third-order valence-electron chi connectivity index (χ3n) is 3.46. The molecule has 21 heavy (non-hydrogen) atoms. The van der Waals surface area contributed by atoms with Crippen molar-refractivity contribution in [2.45, 2.75) is 26.1 Å². The SMILES string of the molecule is CCOC(=O)C1Cn2c(nc3ccc([N+](=O)[O-])cc32)CN1. The first kappa shape index (κ1) is 13.5. The van der Waals surface area contributed by atoms with E-state index in [-0.39, 0.29) is 11.7 Å². The predicted molar refractivity (Wildman–Crippen MR) is 73.6 cm³/mol. The second-order valence-electron chi connectivity index (χ2n) is 4.75. The molecule has 8 nitrogen and oxygen atoms in total. The Morgan fingerprint density at radius 3 is 3.14 bits per heavy atom. The van der Waals surface area contributed by atoms with Crippen molar-refractivity contribution in [2.24, 2.45) is 0 Å². The van der Waals surface area contributed by atoms with Crippen LogP contribution in [0.25, 0.3) is 11.0 Å². The van der Waals surface area contributed by atoms with Gasteiger partial charge in [-0.15, -0.1) is 0 Å². The van der Waals surface area contributed by atoms with Crippen molar-refractivity contribution in [1.29, 1.82) is 0 Å². The summed E-state index contributed by atoms with van der Waals surface area (Å²) in [7, 11) is 0. The van der Waals surface area contributed by atoms with Crippen LogP contribution in [0, 0.1) is 10.1 Å². The highest BCUT2D eigenvalue weighted by atomic mass is 16.6. The van der Waals surface area contributed by atoms with Crippen LogP contribution < -0.4 is 5.32 Å². The Kier molecular flexibility index (Phi) is 3.30. The highest BCUT2D eigenvalue weighted by Gasteiger charge is 2.27. The Morgan fingerprint density at radius 1 is 1.62 bits per heavy atom. The molecule has 0 saturated carbocycles. The Hall–Kier alpha value is -2.48. The quantitative estimate of drug-likeness (QED) is 0.514. The summed E-state index contributed by atoms with van der Waals surface area (Å²) in [6.45, 7) is 2.85. The summed E-state index contributed by atoms with van der Waals surface area (Å²) >= 11 is 0. The van der Waals surface area contributed by atoms with Crippen LogP contribution in [-0.4, -0.2) is 33.1 Å². The lowest BCUT2D eigenvalue weighted by Gasteiger charge is -2.24. The standard InChI is InChI=1S/C13H14N4O4/c1-2-21-13(18)10-7-16-11-5-8(17(19)20)3-4-9(11)15-12(16)6-14-10/h3-5,10,14H,2,6-7H2,1H3. The summed E-state index contributed by atoms with van der Waals surface area (Å²) in [4.78, 5) is 26.7. The van der Waals surface area contributed by atoms with Gasteiger partial charge in [0.2, 0.25) is 0 Å². The number of carbonyl (C=O) groups excluding carboxylic acids is 1. The summed E-state index contributed by atoms with van der Waals surface area (Å²) in [6, 6.07) is 4.07. The summed E-state index contributed by atoms with van der Waals surface area (Å²) in [6.07, 6.45) is 0. The second kappa shape index (κ2) is 5.13. The number of hydrogen-bond donors (Lipinski definition) is 1. The molecule has 0 bridgehead atoms. The fraction of sp³-hybridized carbons (Fsp3) is 0.385. The maximum absolute atomic E-state index is 11.8. The highest BCUT2D eigenvalue weighted by molar-refractivity contribution is 5.80. The largest absolute Gasteiger partial charge is 0.465 e. The van der Waals surface area contributed by atoms with Crippen molar-refractivity contribution in [2.75, 3.05) is 6.61 Å². The van der Waals surface area contributed by atoms with E-state index in [1.807, 2.05) is 4.57 Å². The molecule has 0 fully saturated rings. The number of esters is 1. The number of rotatable bonds is 3. The van der Waals surface area contributed by atoms with E-state index in [0.29, 0.717) is 30.7 Å². The Morgan fingerprint density at radius 2 is 2.43 bits per heavy atom. The minimum Gasteiger partial charge on any atom is -0.465 e. The molecule has 2 heterocycles. The molecule has 110 valence electrons. The first-order chi connectivity index (χ1) is 10.1. The molecular formula is C13H14N4O4. The van der Waals surface area contributed by atoms with Gasteiger partial charge in [0.1, 0.15) is 11.9 Å². The monoisotopic (exact) mass is 290 g/mol. The molecule has 0 amide bonds. The van der Waals surface area contributed by atoms with Crippen LogP contribution in [0.1, 0.15) is 12.7 Å². The van der Waals surface area contributed by atoms with Crippen LogP contribution in [0.2, 0.25) is 0 Å². The van der Waals surface area contributed by atoms with Crippen molar-refractivity contribution in [3.63, 3.8) is 0 Å². The van der Waals surface area contributed by atoms with Gasteiger partial charge in [0.05, 0.1) is 35.7 Å². The molecule has 3 rings (SSSR count). The van der Waals surface area contributed by atoms with Crippen LogP contribution in [0.15, 0.2) is 18.2 Å². The lowest BCUT2D eigenvalue weighted by Crippen LogP contribution is -2.45. The summed E-state index contributed by atoms with van der Waals surface area (Å²) < 4.78 is 6.84. The molecule has 1 aliphatic rings. The van der Waals surface area contributed by atoms with Gasteiger partial charge in [-0.1, -0.05) is 0 Å². The van der Waals surface area contributed by atoms with Crippen LogP contribution in [0.3, 0.4) is 0 Å². The number of hydrogen-bond acceptors (Lipinski definition) is 6. The summed E-state index contributed by atoms with van der Waals surface area (Å²) in [5.41, 5.74) is 1.35. The highest BCUT2D eigenvalue weighted by Crippen LogP contribution is 2.24. The predicted octanol–water partition coefficient (Wildman–Crippen LogP) is 0.979. The fourth-order valence-electron chi connectivity index (χ4n) is 2.48. The van der Waals surface area contributed by atoms with Gasteiger partial charge in [-0.2, -0.15) is 0 Å². The smallest absolute Gasteiger partial charge is 0.325 e. The molecule has 1 aromatic carbocycles. The van der Waals surface area contributed by atoms with E-state index < -0.39 is 11.0 Å². The molecule has 0 radical (unpaired) electrons. The van der Waals surface area contributed by atoms with Gasteiger partial charge in [-0.05, 0) is 13.0 Å². The van der Waals surface area contributed by atoms with E-state index in [4.69, 9.17) is 4.74 Å². The van der Waals surface area contributed by atoms with Crippen molar-refractivity contribution in [1.82, 2.24) is 14.9 Å². The minimum absolute atomic E-state index is 0.0106. The number of nitrogens with zero attached hydrogens (tertiary/aromatic N) is 3. The molecule has 1 aromatic heterocycles. The van der Waals surface area contributed by atoms with Gasteiger partial charge in [-0.3, -0.25) is 20.2 Å². The molecule has 1 N–H and O–H groups in total. The molecule has 0 spiro atoms. The zero-order valence-corrected chi connectivity index (χ0v) is 11.4. The molecule has 0 aliphatic carbocycles. The number of fused-ring (bicyclic) bond motifs is 3. The summed E-state index contributed by atoms with van der Waals surface area (Å²) in [5, 5.41) is 13.9. The van der Waals surface area contributed by atoms with E-state index in [0.717, 1.165) is 5.82 Å². The lowest BCUT2D eigenvalue weighted by atomic mass is 10.2. The summed E-state index contributed by atoms with van der Waals surface area (Å²) in [5.74, 6) is 0.432. The number of ether oxygens (including phenoxy) is 1. The van der Waals surface area contributed by atoms with E-state index in [1.54, 1.807) is 13.0 Å². The van der Waals surface area contributed by atoms with E-state index in [1.165, 1.54) is 12.1 Å². The lowest BCUT2D eigenvalue weighted by molar-refractivity contribution is -0.384. The van der Waals surface area contributed by atoms with Gasteiger partial charge < -0.3 is 9.30 Å². The Bertz CT molecular complexity index is 724. The first-order valence-corrected chi connectivity index (χ1v) is 6.63. The molecular weight excluding hydrogens is 276 g/mol. The van der Waals surface area contributed by atoms with Crippen molar-refractivity contribution in [3.8, 4) is 0 Å². The number of nitro groups is 1. The maximum atomic E-state index is 11.8. The molecule has 2 aromatic rings. The van der Waals surface area contributed by atoms with Gasteiger partial charge >= 0.3 is 5.97 Å². The van der Waals surface area contributed by atoms with E-state index >= 15 is 0 Å². The van der Waals surface area contributed by atoms with Crippen LogP contribution >= 0.6 is 0 Å². The van der Waals surface area contributed by atoms with Gasteiger partial charge in [0.25, 0.3) is 5.69 Å². The number of nitro benzene ring substituents is 1. The number of non-ortho nitro benzene ring substituents is 1. The third kappa shape index (κ3) is 2.33. The molecule has 1 unspecified atom stereocenters. The number of nitrogens with one attached hydrogen (secondary N) is 1. The Balaban J connectivity index is 1.99. The zero-order chi connectivity index (χ0) is 15.0. The maximum Gasteiger partial charge on any atom is 0.325 e. The second-order valence-corrected chi connectivity index (χ2v) is 4.75. The van der Waals surface area contributed by atoms with Crippen molar-refractivity contribution < 1.29 is 14.5 Å². The number of benzene rings is 1. The minimum atomic E-state index is -0.464. The van der Waals surface area contributed by atoms with Crippen LogP contribution in [0.4, 0.5) is 5.69 Å². The average Bonchev–Trinajstić information content (AvgIpc) is 2.84.